The monoisotopic (exact) mass is 277 g/mol. The number of nitrogens with one attached hydrogen (secondary N) is 2. The number of halogens is 1. The average Bonchev–Trinajstić information content (AvgIpc) is 2.78. The fourth-order valence-electron chi connectivity index (χ4n) is 1.95. The van der Waals surface area contributed by atoms with Crippen molar-refractivity contribution in [2.75, 3.05) is 0 Å². The van der Waals surface area contributed by atoms with Crippen LogP contribution in [0.3, 0.4) is 0 Å². The molecule has 1 aromatic carbocycles. The van der Waals surface area contributed by atoms with Gasteiger partial charge in [-0.05, 0) is 12.0 Å². The van der Waals surface area contributed by atoms with Crippen molar-refractivity contribution in [1.29, 1.82) is 0 Å². The molecule has 0 amide bonds. The number of benzene rings is 1. The first-order chi connectivity index (χ1) is 9.29. The van der Waals surface area contributed by atoms with E-state index in [4.69, 9.17) is 11.6 Å². The number of aromatic amines is 1. The zero-order valence-corrected chi connectivity index (χ0v) is 12.0. The third kappa shape index (κ3) is 4.37. The van der Waals surface area contributed by atoms with Crippen molar-refractivity contribution in [3.8, 4) is 0 Å². The summed E-state index contributed by atoms with van der Waals surface area (Å²) in [5.74, 6) is 0.989. The van der Waals surface area contributed by atoms with Crippen molar-refractivity contribution in [1.82, 2.24) is 15.3 Å². The lowest BCUT2D eigenvalue weighted by molar-refractivity contribution is 0.679. The highest BCUT2D eigenvalue weighted by Crippen LogP contribution is 2.14. The van der Waals surface area contributed by atoms with Gasteiger partial charge in [0.05, 0.1) is 5.69 Å². The molecule has 0 aliphatic carbocycles. The first kappa shape index (κ1) is 14.1. The smallest absolute Gasteiger partial charge is 0.151 e. The van der Waals surface area contributed by atoms with Crippen LogP contribution in [0.5, 0.6) is 0 Å². The van der Waals surface area contributed by atoms with Gasteiger partial charge in [0, 0.05) is 19.5 Å². The van der Waals surface area contributed by atoms with E-state index in [2.05, 4.69) is 34.3 Å². The maximum atomic E-state index is 6.12. The molecule has 2 N–H and O–H groups in total. The molecule has 102 valence electrons. The highest BCUT2D eigenvalue weighted by molar-refractivity contribution is 6.30. The molecule has 0 aliphatic heterocycles. The van der Waals surface area contributed by atoms with E-state index in [9.17, 15) is 0 Å². The fraction of sp³-hybridized carbons (Fsp3) is 0.400. The number of H-pyrrole nitrogens is 1. The summed E-state index contributed by atoms with van der Waals surface area (Å²) in [6.45, 7) is 3.72. The second-order valence-electron chi connectivity index (χ2n) is 4.65. The number of hydrogen-bond acceptors (Lipinski definition) is 2. The fourth-order valence-corrected chi connectivity index (χ4v) is 2.16. The number of hydrogen-bond donors (Lipinski definition) is 2. The highest BCUT2D eigenvalue weighted by Gasteiger charge is 2.07. The molecule has 0 radical (unpaired) electrons. The number of aromatic nitrogens is 2. The van der Waals surface area contributed by atoms with Crippen LogP contribution in [0.2, 0.25) is 5.15 Å². The largest absolute Gasteiger partial charge is 0.344 e. The first-order valence-corrected chi connectivity index (χ1v) is 7.15. The Morgan fingerprint density at radius 2 is 2.00 bits per heavy atom. The van der Waals surface area contributed by atoms with E-state index >= 15 is 0 Å². The second kappa shape index (κ2) is 7.31. The first-order valence-electron chi connectivity index (χ1n) is 6.77. The quantitative estimate of drug-likeness (QED) is 0.810. The molecule has 19 heavy (non-hydrogen) atoms. The van der Waals surface area contributed by atoms with Crippen LogP contribution in [0.25, 0.3) is 0 Å². The molecule has 0 bridgehead atoms. The number of imidazole rings is 1. The molecule has 3 nitrogen and oxygen atoms in total. The van der Waals surface area contributed by atoms with Gasteiger partial charge < -0.3 is 10.3 Å². The van der Waals surface area contributed by atoms with Crippen LogP contribution in [-0.4, -0.2) is 9.97 Å². The van der Waals surface area contributed by atoms with Crippen LogP contribution >= 0.6 is 11.6 Å². The number of rotatable bonds is 7. The molecule has 0 fully saturated rings. The molecule has 1 aromatic heterocycles. The van der Waals surface area contributed by atoms with Gasteiger partial charge in [-0.25, -0.2) is 4.98 Å². The van der Waals surface area contributed by atoms with Crippen LogP contribution in [0.15, 0.2) is 30.3 Å². The van der Waals surface area contributed by atoms with Crippen molar-refractivity contribution in [3.63, 3.8) is 0 Å². The summed E-state index contributed by atoms with van der Waals surface area (Å²) >= 11 is 6.12. The lowest BCUT2D eigenvalue weighted by Crippen LogP contribution is -2.13. The molecule has 0 spiro atoms. The normalized spacial score (nSPS) is 10.8. The lowest BCUT2D eigenvalue weighted by atomic mass is 10.2. The molecule has 0 saturated heterocycles. The van der Waals surface area contributed by atoms with Crippen molar-refractivity contribution >= 4 is 11.6 Å². The predicted octanol–water partition coefficient (Wildman–Crippen LogP) is 3.70. The van der Waals surface area contributed by atoms with E-state index in [0.29, 0.717) is 11.7 Å². The number of aryl methyl sites for hydroxylation is 1. The van der Waals surface area contributed by atoms with Gasteiger partial charge in [-0.3, -0.25) is 0 Å². The maximum absolute atomic E-state index is 6.12. The topological polar surface area (TPSA) is 40.7 Å². The molecule has 1 heterocycles. The van der Waals surface area contributed by atoms with Crippen LogP contribution < -0.4 is 5.32 Å². The van der Waals surface area contributed by atoms with Crippen molar-refractivity contribution in [3.05, 3.63) is 52.6 Å². The van der Waals surface area contributed by atoms with E-state index in [1.807, 2.05) is 18.2 Å². The summed E-state index contributed by atoms with van der Waals surface area (Å²) in [5.41, 5.74) is 2.24. The Labute approximate surface area is 119 Å². The average molecular weight is 278 g/mol. The predicted molar refractivity (Wildman–Crippen MR) is 79.2 cm³/mol. The van der Waals surface area contributed by atoms with Crippen LogP contribution in [0.4, 0.5) is 0 Å². The Kier molecular flexibility index (Phi) is 5.43. The minimum Gasteiger partial charge on any atom is -0.344 e. The zero-order chi connectivity index (χ0) is 13.5. The minimum absolute atomic E-state index is 0.590. The summed E-state index contributed by atoms with van der Waals surface area (Å²) in [4.78, 5) is 7.64. The zero-order valence-electron chi connectivity index (χ0n) is 11.2. The van der Waals surface area contributed by atoms with Crippen LogP contribution in [0.1, 0.15) is 36.8 Å². The standard InChI is InChI=1S/C15H20ClN3/c1-2-3-9-14-18-13(15(16)19-14)11-17-10-12-7-5-4-6-8-12/h4-8,17H,2-3,9-11H2,1H3,(H,18,19). The van der Waals surface area contributed by atoms with Gasteiger partial charge in [0.2, 0.25) is 0 Å². The molecule has 0 atom stereocenters. The molecular weight excluding hydrogens is 258 g/mol. The van der Waals surface area contributed by atoms with Crippen molar-refractivity contribution < 1.29 is 0 Å². The Morgan fingerprint density at radius 1 is 1.21 bits per heavy atom. The molecule has 2 aromatic rings. The van der Waals surface area contributed by atoms with Gasteiger partial charge in [-0.15, -0.1) is 0 Å². The van der Waals surface area contributed by atoms with Gasteiger partial charge in [-0.1, -0.05) is 55.3 Å². The summed E-state index contributed by atoms with van der Waals surface area (Å²) in [6, 6.07) is 10.3. The van der Waals surface area contributed by atoms with Gasteiger partial charge in [0.25, 0.3) is 0 Å². The van der Waals surface area contributed by atoms with Crippen LogP contribution in [-0.2, 0) is 19.5 Å². The van der Waals surface area contributed by atoms with Crippen molar-refractivity contribution in [2.45, 2.75) is 39.3 Å². The van der Waals surface area contributed by atoms with E-state index in [1.54, 1.807) is 0 Å². The van der Waals surface area contributed by atoms with Gasteiger partial charge in [0.1, 0.15) is 5.82 Å². The minimum atomic E-state index is 0.590. The molecule has 0 aliphatic rings. The Morgan fingerprint density at radius 3 is 2.74 bits per heavy atom. The Balaban J connectivity index is 1.84. The lowest BCUT2D eigenvalue weighted by Gasteiger charge is -2.03. The van der Waals surface area contributed by atoms with E-state index in [0.717, 1.165) is 30.9 Å². The van der Waals surface area contributed by atoms with E-state index in [-0.39, 0.29) is 0 Å². The van der Waals surface area contributed by atoms with Gasteiger partial charge in [0.15, 0.2) is 5.15 Å². The summed E-state index contributed by atoms with van der Waals surface area (Å²) in [7, 11) is 0. The van der Waals surface area contributed by atoms with E-state index < -0.39 is 0 Å². The Hall–Kier alpha value is -1.32. The third-order valence-corrected chi connectivity index (χ3v) is 3.33. The molecule has 0 saturated carbocycles. The molecular formula is C15H20ClN3. The van der Waals surface area contributed by atoms with E-state index in [1.165, 1.54) is 12.0 Å². The SMILES string of the molecule is CCCCc1nc(Cl)c(CNCc2ccccc2)[nH]1. The van der Waals surface area contributed by atoms with Gasteiger partial charge >= 0.3 is 0 Å². The Bertz CT molecular complexity index is 493. The highest BCUT2D eigenvalue weighted by atomic mass is 35.5. The van der Waals surface area contributed by atoms with Crippen molar-refractivity contribution in [2.24, 2.45) is 0 Å². The molecule has 4 heteroatoms. The maximum Gasteiger partial charge on any atom is 0.151 e. The summed E-state index contributed by atoms with van der Waals surface area (Å²) in [6.07, 6.45) is 3.27. The van der Waals surface area contributed by atoms with Gasteiger partial charge in [-0.2, -0.15) is 0 Å². The second-order valence-corrected chi connectivity index (χ2v) is 5.00. The third-order valence-electron chi connectivity index (χ3n) is 3.02. The molecule has 0 unspecified atom stereocenters. The summed E-state index contributed by atoms with van der Waals surface area (Å²) < 4.78 is 0. The summed E-state index contributed by atoms with van der Waals surface area (Å²) in [5, 5.41) is 3.96. The number of unbranched alkanes of at least 4 members (excludes halogenated alkanes) is 1. The molecule has 2 rings (SSSR count). The van der Waals surface area contributed by atoms with Crippen LogP contribution in [0, 0.1) is 0 Å². The number of nitrogens with zero attached hydrogens (tertiary/aromatic N) is 1.